The van der Waals surface area contributed by atoms with Crippen LogP contribution in [0.5, 0.6) is 5.75 Å². The van der Waals surface area contributed by atoms with Crippen molar-refractivity contribution in [3.05, 3.63) is 23.8 Å². The maximum atomic E-state index is 12.0. The highest BCUT2D eigenvalue weighted by Crippen LogP contribution is 2.22. The van der Waals surface area contributed by atoms with E-state index in [1.54, 1.807) is 18.2 Å². The smallest absolute Gasteiger partial charge is 0.251 e. The van der Waals surface area contributed by atoms with Crippen LogP contribution in [-0.2, 0) is 0 Å². The minimum atomic E-state index is -0.551. The molecule has 0 radical (unpaired) electrons. The fraction of sp³-hybridized carbons (Fsp3) is 0.417. The number of rotatable bonds is 3. The van der Waals surface area contributed by atoms with Crippen LogP contribution in [-0.4, -0.2) is 43.4 Å². The van der Waals surface area contributed by atoms with Crippen LogP contribution in [0.25, 0.3) is 0 Å². The summed E-state index contributed by atoms with van der Waals surface area (Å²) in [7, 11) is 1.50. The Morgan fingerprint density at radius 2 is 2.33 bits per heavy atom. The molecule has 0 spiro atoms. The van der Waals surface area contributed by atoms with Crippen molar-refractivity contribution in [2.24, 2.45) is 0 Å². The van der Waals surface area contributed by atoms with Gasteiger partial charge in [-0.15, -0.1) is 0 Å². The van der Waals surface area contributed by atoms with Crippen molar-refractivity contribution in [1.29, 1.82) is 0 Å². The molecule has 6 nitrogen and oxygen atoms in total. The van der Waals surface area contributed by atoms with Crippen molar-refractivity contribution in [3.63, 3.8) is 0 Å². The van der Waals surface area contributed by atoms with E-state index in [1.807, 2.05) is 0 Å². The second-order valence-electron chi connectivity index (χ2n) is 4.26. The lowest BCUT2D eigenvalue weighted by atomic mass is 10.1. The first-order valence-electron chi connectivity index (χ1n) is 5.75. The van der Waals surface area contributed by atoms with Gasteiger partial charge in [0.25, 0.3) is 5.91 Å². The molecule has 2 atom stereocenters. The van der Waals surface area contributed by atoms with Crippen molar-refractivity contribution in [2.75, 3.05) is 25.9 Å². The summed E-state index contributed by atoms with van der Waals surface area (Å²) in [5.41, 5.74) is 6.62. The Bertz CT molecular complexity index is 450. The van der Waals surface area contributed by atoms with Crippen molar-refractivity contribution in [1.82, 2.24) is 10.6 Å². The minimum absolute atomic E-state index is 0.249. The number of carbonyl (C=O) groups excluding carboxylic acids is 1. The van der Waals surface area contributed by atoms with E-state index in [0.717, 1.165) is 0 Å². The van der Waals surface area contributed by atoms with E-state index in [1.165, 1.54) is 7.11 Å². The highest BCUT2D eigenvalue weighted by Gasteiger charge is 2.26. The number of hydrogen-bond acceptors (Lipinski definition) is 5. The van der Waals surface area contributed by atoms with Crippen molar-refractivity contribution >= 4 is 11.6 Å². The number of methoxy groups -OCH3 is 1. The molecule has 18 heavy (non-hydrogen) atoms. The fourth-order valence-corrected chi connectivity index (χ4v) is 1.92. The maximum Gasteiger partial charge on any atom is 0.251 e. The molecule has 1 heterocycles. The number of benzene rings is 1. The highest BCUT2D eigenvalue weighted by atomic mass is 16.5. The predicted molar refractivity (Wildman–Crippen MR) is 67.5 cm³/mol. The summed E-state index contributed by atoms with van der Waals surface area (Å²) < 4.78 is 5.06. The number of carbonyl (C=O) groups is 1. The standard InChI is InChI=1S/C12H17N3O3/c1-18-11-4-7(2-3-8(11)13)12(17)15-9-5-14-6-10(9)16/h2-4,9-10,14,16H,5-6,13H2,1H3,(H,15,17)/t9-,10-/m1/s1. The van der Waals surface area contributed by atoms with E-state index >= 15 is 0 Å². The number of aliphatic hydroxyl groups is 1. The molecule has 5 N–H and O–H groups in total. The number of nitrogen functional groups attached to an aromatic ring is 1. The third-order valence-electron chi connectivity index (χ3n) is 2.99. The molecule has 1 fully saturated rings. The number of hydrogen-bond donors (Lipinski definition) is 4. The Hall–Kier alpha value is -1.79. The first-order chi connectivity index (χ1) is 8.61. The number of anilines is 1. The summed E-state index contributed by atoms with van der Waals surface area (Å²) in [5.74, 6) is 0.216. The highest BCUT2D eigenvalue weighted by molar-refractivity contribution is 5.95. The number of amides is 1. The van der Waals surface area contributed by atoms with E-state index in [4.69, 9.17) is 10.5 Å². The second-order valence-corrected chi connectivity index (χ2v) is 4.26. The van der Waals surface area contributed by atoms with Crippen LogP contribution in [0.3, 0.4) is 0 Å². The molecular weight excluding hydrogens is 234 g/mol. The zero-order valence-corrected chi connectivity index (χ0v) is 10.1. The summed E-state index contributed by atoms with van der Waals surface area (Å²) in [6, 6.07) is 4.57. The Morgan fingerprint density at radius 3 is 2.94 bits per heavy atom. The lowest BCUT2D eigenvalue weighted by Crippen LogP contribution is -2.42. The van der Waals surface area contributed by atoms with Gasteiger partial charge in [0.05, 0.1) is 24.9 Å². The zero-order valence-electron chi connectivity index (χ0n) is 10.1. The van der Waals surface area contributed by atoms with E-state index in [9.17, 15) is 9.90 Å². The van der Waals surface area contributed by atoms with Crippen LogP contribution >= 0.6 is 0 Å². The van der Waals surface area contributed by atoms with Crippen molar-refractivity contribution in [2.45, 2.75) is 12.1 Å². The van der Waals surface area contributed by atoms with Gasteiger partial charge in [0.1, 0.15) is 5.75 Å². The van der Waals surface area contributed by atoms with Gasteiger partial charge in [-0.1, -0.05) is 0 Å². The van der Waals surface area contributed by atoms with Gasteiger partial charge in [0, 0.05) is 18.7 Å². The SMILES string of the molecule is COc1cc(C(=O)N[C@@H]2CNC[C@H]2O)ccc1N. The Balaban J connectivity index is 2.09. The molecule has 0 aromatic heterocycles. The number of nitrogens with two attached hydrogens (primary N) is 1. The van der Waals surface area contributed by atoms with Crippen LogP contribution in [0, 0.1) is 0 Å². The molecule has 1 aliphatic rings. The average Bonchev–Trinajstić information content (AvgIpc) is 2.75. The molecule has 1 amide bonds. The third-order valence-corrected chi connectivity index (χ3v) is 2.99. The predicted octanol–water partition coefficient (Wildman–Crippen LogP) is -0.660. The molecule has 6 heteroatoms. The first kappa shape index (κ1) is 12.7. The van der Waals surface area contributed by atoms with E-state index in [0.29, 0.717) is 30.1 Å². The Morgan fingerprint density at radius 1 is 1.56 bits per heavy atom. The third kappa shape index (κ3) is 2.55. The van der Waals surface area contributed by atoms with Crippen LogP contribution in [0.4, 0.5) is 5.69 Å². The molecule has 1 aromatic rings. The monoisotopic (exact) mass is 251 g/mol. The lowest BCUT2D eigenvalue weighted by Gasteiger charge is -2.16. The van der Waals surface area contributed by atoms with Gasteiger partial charge in [-0.3, -0.25) is 4.79 Å². The summed E-state index contributed by atoms with van der Waals surface area (Å²) >= 11 is 0. The normalized spacial score (nSPS) is 22.8. The molecular formula is C12H17N3O3. The molecule has 1 saturated heterocycles. The summed E-state index contributed by atoms with van der Waals surface area (Å²) in [6.45, 7) is 1.06. The number of ether oxygens (including phenoxy) is 1. The quantitative estimate of drug-likeness (QED) is 0.535. The topological polar surface area (TPSA) is 96.6 Å². The molecule has 0 aliphatic carbocycles. The summed E-state index contributed by atoms with van der Waals surface area (Å²) in [6.07, 6.45) is -0.551. The van der Waals surface area contributed by atoms with Gasteiger partial charge in [0.15, 0.2) is 0 Å². The van der Waals surface area contributed by atoms with Crippen LogP contribution in [0.15, 0.2) is 18.2 Å². The first-order valence-corrected chi connectivity index (χ1v) is 5.75. The van der Waals surface area contributed by atoms with Gasteiger partial charge in [-0.05, 0) is 18.2 Å². The molecule has 0 bridgehead atoms. The van der Waals surface area contributed by atoms with Gasteiger partial charge >= 0.3 is 0 Å². The number of nitrogens with one attached hydrogen (secondary N) is 2. The van der Waals surface area contributed by atoms with Crippen LogP contribution in [0.2, 0.25) is 0 Å². The second kappa shape index (κ2) is 5.24. The zero-order chi connectivity index (χ0) is 13.1. The van der Waals surface area contributed by atoms with E-state index < -0.39 is 6.10 Å². The molecule has 1 aromatic carbocycles. The minimum Gasteiger partial charge on any atom is -0.495 e. The molecule has 0 saturated carbocycles. The number of β-amino-alcohol motifs (C(OH)–C–C–N with tert-alkyl or cyclic N) is 1. The largest absolute Gasteiger partial charge is 0.495 e. The molecule has 2 rings (SSSR count). The summed E-state index contributed by atoms with van der Waals surface area (Å²) in [4.78, 5) is 12.0. The molecule has 0 unspecified atom stereocenters. The molecule has 1 aliphatic heterocycles. The Kier molecular flexibility index (Phi) is 3.69. The van der Waals surface area contributed by atoms with Gasteiger partial charge in [-0.2, -0.15) is 0 Å². The fourth-order valence-electron chi connectivity index (χ4n) is 1.92. The van der Waals surface area contributed by atoms with Gasteiger partial charge in [0.2, 0.25) is 0 Å². The summed E-state index contributed by atoms with van der Waals surface area (Å²) in [5, 5.41) is 15.4. The maximum absolute atomic E-state index is 12.0. The van der Waals surface area contributed by atoms with E-state index in [2.05, 4.69) is 10.6 Å². The van der Waals surface area contributed by atoms with Gasteiger partial charge < -0.3 is 26.2 Å². The average molecular weight is 251 g/mol. The van der Waals surface area contributed by atoms with Crippen molar-refractivity contribution < 1.29 is 14.6 Å². The van der Waals surface area contributed by atoms with Crippen LogP contribution in [0.1, 0.15) is 10.4 Å². The van der Waals surface area contributed by atoms with E-state index in [-0.39, 0.29) is 11.9 Å². The van der Waals surface area contributed by atoms with Gasteiger partial charge in [-0.25, -0.2) is 0 Å². The molecule has 98 valence electrons. The van der Waals surface area contributed by atoms with Crippen LogP contribution < -0.4 is 21.1 Å². The Labute approximate surface area is 105 Å². The van der Waals surface area contributed by atoms with Crippen molar-refractivity contribution in [3.8, 4) is 5.75 Å². The lowest BCUT2D eigenvalue weighted by molar-refractivity contribution is 0.0888. The number of aliphatic hydroxyl groups excluding tert-OH is 1.